The van der Waals surface area contributed by atoms with Crippen LogP contribution >= 0.6 is 0 Å². The molecule has 166 valence electrons. The number of H-pyrrole nitrogens is 1. The van der Waals surface area contributed by atoms with Gasteiger partial charge in [0.15, 0.2) is 11.6 Å². The topological polar surface area (TPSA) is 85.9 Å². The number of aryl methyl sites for hydroxylation is 1. The molecule has 1 aliphatic rings. The van der Waals surface area contributed by atoms with E-state index in [1.165, 1.54) is 0 Å². The molecule has 1 fully saturated rings. The highest BCUT2D eigenvalue weighted by Crippen LogP contribution is 2.22. The van der Waals surface area contributed by atoms with E-state index in [-0.39, 0.29) is 0 Å². The first kappa shape index (κ1) is 20.7. The molecule has 0 unspecified atom stereocenters. The number of anilines is 4. The van der Waals surface area contributed by atoms with Crippen LogP contribution < -0.4 is 15.1 Å². The minimum atomic E-state index is 0.651. The van der Waals surface area contributed by atoms with E-state index in [0.717, 1.165) is 54.9 Å². The minimum Gasteiger partial charge on any atom is -0.353 e. The Labute approximate surface area is 193 Å². The second-order valence-electron chi connectivity index (χ2n) is 7.94. The fourth-order valence-corrected chi connectivity index (χ4v) is 3.81. The summed E-state index contributed by atoms with van der Waals surface area (Å²) >= 11 is 0. The van der Waals surface area contributed by atoms with Crippen LogP contribution in [0.4, 0.5) is 23.3 Å². The number of hydrogen-bond donors (Lipinski definition) is 2. The van der Waals surface area contributed by atoms with Crippen molar-refractivity contribution in [1.29, 1.82) is 0 Å². The van der Waals surface area contributed by atoms with Crippen LogP contribution in [0.3, 0.4) is 0 Å². The summed E-state index contributed by atoms with van der Waals surface area (Å²) in [6.45, 7) is 5.46. The highest BCUT2D eigenvalue weighted by atomic mass is 15.3. The van der Waals surface area contributed by atoms with Gasteiger partial charge in [-0.2, -0.15) is 5.10 Å². The van der Waals surface area contributed by atoms with E-state index in [0.29, 0.717) is 11.6 Å². The molecule has 0 aliphatic carbocycles. The van der Waals surface area contributed by atoms with E-state index in [1.807, 2.05) is 67.7 Å². The number of piperazine rings is 1. The molecule has 8 nitrogen and oxygen atoms in total. The molecule has 0 saturated carbocycles. The van der Waals surface area contributed by atoms with Gasteiger partial charge in [-0.3, -0.25) is 5.10 Å². The van der Waals surface area contributed by atoms with Gasteiger partial charge in [0.05, 0.1) is 0 Å². The zero-order valence-corrected chi connectivity index (χ0v) is 18.5. The van der Waals surface area contributed by atoms with E-state index in [9.17, 15) is 0 Å². The Morgan fingerprint density at radius 1 is 0.818 bits per heavy atom. The Kier molecular flexibility index (Phi) is 5.97. The number of pyridine rings is 1. The molecule has 4 aromatic rings. The number of nitrogens with zero attached hydrogens (tertiary/aromatic N) is 6. The van der Waals surface area contributed by atoms with Crippen LogP contribution in [0.1, 0.15) is 17.1 Å². The number of aromatic nitrogens is 5. The van der Waals surface area contributed by atoms with Crippen molar-refractivity contribution in [3.8, 4) is 0 Å². The molecule has 4 heterocycles. The van der Waals surface area contributed by atoms with Gasteiger partial charge in [0, 0.05) is 50.2 Å². The van der Waals surface area contributed by atoms with Crippen molar-refractivity contribution in [2.75, 3.05) is 41.3 Å². The number of hydrogen-bond acceptors (Lipinski definition) is 7. The third-order valence-corrected chi connectivity index (χ3v) is 5.49. The van der Waals surface area contributed by atoms with Crippen LogP contribution in [0.5, 0.6) is 0 Å². The fourth-order valence-electron chi connectivity index (χ4n) is 3.81. The maximum atomic E-state index is 4.84. The fraction of sp³-hybridized carbons (Fsp3) is 0.200. The maximum Gasteiger partial charge on any atom is 0.156 e. The van der Waals surface area contributed by atoms with Gasteiger partial charge in [-0.1, -0.05) is 42.5 Å². The Balaban J connectivity index is 1.38. The second-order valence-corrected chi connectivity index (χ2v) is 7.94. The predicted octanol–water partition coefficient (Wildman–Crippen LogP) is 4.14. The van der Waals surface area contributed by atoms with Gasteiger partial charge in [0.25, 0.3) is 0 Å². The summed E-state index contributed by atoms with van der Waals surface area (Å²) in [5.74, 6) is 4.01. The summed E-state index contributed by atoms with van der Waals surface area (Å²) in [6.07, 6.45) is 5.82. The van der Waals surface area contributed by atoms with Crippen molar-refractivity contribution in [2.45, 2.75) is 6.92 Å². The summed E-state index contributed by atoms with van der Waals surface area (Å²) in [7, 11) is 0. The Hall–Kier alpha value is -4.20. The average Bonchev–Trinajstić information content (AvgIpc) is 3.28. The molecular formula is C25H26N8. The van der Waals surface area contributed by atoms with E-state index in [4.69, 9.17) is 9.97 Å². The molecule has 0 radical (unpaired) electrons. The lowest BCUT2D eigenvalue weighted by molar-refractivity contribution is 0.641. The van der Waals surface area contributed by atoms with Crippen molar-refractivity contribution in [2.24, 2.45) is 0 Å². The first-order valence-corrected chi connectivity index (χ1v) is 11.1. The molecule has 0 bridgehead atoms. The van der Waals surface area contributed by atoms with Gasteiger partial charge in [0.2, 0.25) is 0 Å². The van der Waals surface area contributed by atoms with Crippen molar-refractivity contribution in [1.82, 2.24) is 25.1 Å². The lowest BCUT2D eigenvalue weighted by Crippen LogP contribution is -2.47. The molecule has 2 N–H and O–H groups in total. The SMILES string of the molecule is Cc1cc(Nc2cc(N3CCN(c4ccccn4)CC3)nc(/C=C/c3ccccc3)n2)n[nH]1. The molecule has 8 heteroatoms. The first-order valence-electron chi connectivity index (χ1n) is 11.1. The average molecular weight is 439 g/mol. The number of aromatic amines is 1. The van der Waals surface area contributed by atoms with Crippen molar-refractivity contribution >= 4 is 35.4 Å². The minimum absolute atomic E-state index is 0.651. The predicted molar refractivity (Wildman–Crippen MR) is 133 cm³/mol. The summed E-state index contributed by atoms with van der Waals surface area (Å²) in [5, 5.41) is 10.5. The molecule has 3 aromatic heterocycles. The molecule has 0 spiro atoms. The molecule has 0 atom stereocenters. The third-order valence-electron chi connectivity index (χ3n) is 5.49. The summed E-state index contributed by atoms with van der Waals surface area (Å²) in [6, 6.07) is 20.1. The number of rotatable bonds is 6. The quantitative estimate of drug-likeness (QED) is 0.468. The zero-order chi connectivity index (χ0) is 22.5. The second kappa shape index (κ2) is 9.52. The number of nitrogens with one attached hydrogen (secondary N) is 2. The standard InChI is InChI=1S/C25H26N8/c1-19-17-23(31-30-19)28-22-18-25(29-21(27-22)11-10-20-7-3-2-4-8-20)33-15-13-32(14-16-33)24-9-5-6-12-26-24/h2-12,17-18H,13-16H2,1H3,(H2,27,28,29,30,31)/b11-10+. The smallest absolute Gasteiger partial charge is 0.156 e. The monoisotopic (exact) mass is 438 g/mol. The van der Waals surface area contributed by atoms with Crippen LogP contribution in [-0.4, -0.2) is 51.3 Å². The highest BCUT2D eigenvalue weighted by molar-refractivity contribution is 5.69. The van der Waals surface area contributed by atoms with E-state index < -0.39 is 0 Å². The van der Waals surface area contributed by atoms with Crippen molar-refractivity contribution < 1.29 is 0 Å². The highest BCUT2D eigenvalue weighted by Gasteiger charge is 2.20. The Morgan fingerprint density at radius 3 is 2.27 bits per heavy atom. The molecule has 1 aliphatic heterocycles. The van der Waals surface area contributed by atoms with E-state index >= 15 is 0 Å². The lowest BCUT2D eigenvalue weighted by atomic mass is 10.2. The van der Waals surface area contributed by atoms with Crippen molar-refractivity contribution in [3.05, 3.63) is 83.9 Å². The van der Waals surface area contributed by atoms with Gasteiger partial charge < -0.3 is 15.1 Å². The lowest BCUT2D eigenvalue weighted by Gasteiger charge is -2.36. The molecule has 1 aromatic carbocycles. The van der Waals surface area contributed by atoms with Crippen LogP contribution in [0.25, 0.3) is 12.2 Å². The number of benzene rings is 1. The van der Waals surface area contributed by atoms with E-state index in [2.05, 4.69) is 48.5 Å². The van der Waals surface area contributed by atoms with Crippen LogP contribution in [0.2, 0.25) is 0 Å². The van der Waals surface area contributed by atoms with Gasteiger partial charge in [0.1, 0.15) is 17.5 Å². The zero-order valence-electron chi connectivity index (χ0n) is 18.5. The molecule has 1 saturated heterocycles. The Bertz CT molecular complexity index is 1210. The van der Waals surface area contributed by atoms with Crippen LogP contribution in [0, 0.1) is 6.92 Å². The van der Waals surface area contributed by atoms with Gasteiger partial charge in [-0.05, 0) is 30.7 Å². The largest absolute Gasteiger partial charge is 0.353 e. The van der Waals surface area contributed by atoms with Crippen LogP contribution in [-0.2, 0) is 0 Å². The molecule has 33 heavy (non-hydrogen) atoms. The van der Waals surface area contributed by atoms with Gasteiger partial charge >= 0.3 is 0 Å². The molecule has 5 rings (SSSR count). The van der Waals surface area contributed by atoms with E-state index in [1.54, 1.807) is 0 Å². The first-order chi connectivity index (χ1) is 16.2. The maximum absolute atomic E-state index is 4.84. The van der Waals surface area contributed by atoms with Gasteiger partial charge in [-0.15, -0.1) is 0 Å². The summed E-state index contributed by atoms with van der Waals surface area (Å²) < 4.78 is 0. The van der Waals surface area contributed by atoms with Crippen molar-refractivity contribution in [3.63, 3.8) is 0 Å². The van der Waals surface area contributed by atoms with Crippen LogP contribution in [0.15, 0.2) is 66.9 Å². The third kappa shape index (κ3) is 5.17. The normalized spacial score (nSPS) is 14.1. The van der Waals surface area contributed by atoms with Gasteiger partial charge in [-0.25, -0.2) is 15.0 Å². The Morgan fingerprint density at radius 2 is 1.58 bits per heavy atom. The molecule has 0 amide bonds. The summed E-state index contributed by atoms with van der Waals surface area (Å²) in [5.41, 5.74) is 2.09. The molecular weight excluding hydrogens is 412 g/mol. The summed E-state index contributed by atoms with van der Waals surface area (Å²) in [4.78, 5) is 18.6.